The van der Waals surface area contributed by atoms with Crippen LogP contribution in [0.1, 0.15) is 39.5 Å². The maximum absolute atomic E-state index is 10.5. The van der Waals surface area contributed by atoms with E-state index in [-0.39, 0.29) is 17.2 Å². The molecule has 0 saturated carbocycles. The molecule has 29 heavy (non-hydrogen) atoms. The number of hydrogen-bond donors (Lipinski definition) is 3. The number of benzene rings is 3. The average Bonchev–Trinajstić information content (AvgIpc) is 2.70. The van der Waals surface area contributed by atoms with Gasteiger partial charge in [0.2, 0.25) is 0 Å². The van der Waals surface area contributed by atoms with Crippen molar-refractivity contribution in [2.75, 3.05) is 0 Å². The van der Waals surface area contributed by atoms with E-state index < -0.39 is 6.17 Å². The summed E-state index contributed by atoms with van der Waals surface area (Å²) in [4.78, 5) is 9.02. The zero-order valence-corrected chi connectivity index (χ0v) is 16.7. The fraction of sp³-hybridized carbons (Fsp3) is 0.167. The van der Waals surface area contributed by atoms with E-state index in [0.29, 0.717) is 16.7 Å². The van der Waals surface area contributed by atoms with Gasteiger partial charge in [0.15, 0.2) is 6.17 Å². The number of rotatable bonds is 5. The van der Waals surface area contributed by atoms with Crippen LogP contribution in [0.5, 0.6) is 17.2 Å². The molecule has 5 nitrogen and oxygen atoms in total. The molecule has 0 heterocycles. The molecule has 0 aromatic heterocycles. The van der Waals surface area contributed by atoms with Gasteiger partial charge in [0.1, 0.15) is 17.2 Å². The van der Waals surface area contributed by atoms with Gasteiger partial charge in [-0.1, -0.05) is 42.5 Å². The first-order valence-electron chi connectivity index (χ1n) is 9.30. The fourth-order valence-corrected chi connectivity index (χ4v) is 2.96. The number of nitrogens with zero attached hydrogens (tertiary/aromatic N) is 2. The van der Waals surface area contributed by atoms with Crippen LogP contribution in [0.3, 0.4) is 0 Å². The zero-order valence-electron chi connectivity index (χ0n) is 16.7. The van der Waals surface area contributed by atoms with Crippen molar-refractivity contribution in [2.24, 2.45) is 9.98 Å². The van der Waals surface area contributed by atoms with Crippen LogP contribution < -0.4 is 0 Å². The summed E-state index contributed by atoms with van der Waals surface area (Å²) >= 11 is 0. The van der Waals surface area contributed by atoms with Crippen LogP contribution in [0.15, 0.2) is 64.6 Å². The number of para-hydroxylation sites is 3. The SMILES string of the molecule is Cc1cccc(C=NC(N=Cc2cccc(C)c2O)c2cccc(C)c2O)c1O. The lowest BCUT2D eigenvalue weighted by molar-refractivity contribution is 0.459. The standard InChI is InChI=1S/C24H24N2O3/c1-15-7-4-10-18(21(15)27)13-25-24(20-12-6-9-17(3)23(20)29)26-14-19-11-5-8-16(2)22(19)28/h4-14,24,27-29H,1-3H3. The number of phenols is 3. The highest BCUT2D eigenvalue weighted by Gasteiger charge is 2.14. The first-order chi connectivity index (χ1) is 13.9. The van der Waals surface area contributed by atoms with Crippen molar-refractivity contribution in [3.05, 3.63) is 88.0 Å². The van der Waals surface area contributed by atoms with Crippen LogP contribution in [0.4, 0.5) is 0 Å². The Bertz CT molecular complexity index is 1030. The van der Waals surface area contributed by atoms with E-state index in [2.05, 4.69) is 9.98 Å². The van der Waals surface area contributed by atoms with Crippen molar-refractivity contribution in [3.8, 4) is 17.2 Å². The van der Waals surface area contributed by atoms with Crippen LogP contribution in [-0.4, -0.2) is 27.7 Å². The van der Waals surface area contributed by atoms with Gasteiger partial charge in [0.25, 0.3) is 0 Å². The smallest absolute Gasteiger partial charge is 0.168 e. The molecule has 0 aliphatic rings. The molecular weight excluding hydrogens is 364 g/mol. The van der Waals surface area contributed by atoms with E-state index in [1.54, 1.807) is 30.6 Å². The highest BCUT2D eigenvalue weighted by atomic mass is 16.3. The molecule has 0 fully saturated rings. The average molecular weight is 388 g/mol. The summed E-state index contributed by atoms with van der Waals surface area (Å²) in [6.07, 6.45) is 2.35. The molecule has 0 radical (unpaired) electrons. The van der Waals surface area contributed by atoms with Gasteiger partial charge in [0, 0.05) is 29.1 Å². The summed E-state index contributed by atoms with van der Waals surface area (Å²) < 4.78 is 0. The van der Waals surface area contributed by atoms with Crippen molar-refractivity contribution in [3.63, 3.8) is 0 Å². The minimum Gasteiger partial charge on any atom is -0.507 e. The van der Waals surface area contributed by atoms with Crippen molar-refractivity contribution >= 4 is 12.4 Å². The van der Waals surface area contributed by atoms with Gasteiger partial charge in [-0.3, -0.25) is 9.98 Å². The Balaban J connectivity index is 2.03. The summed E-state index contributed by atoms with van der Waals surface area (Å²) in [5.74, 6) is 0.432. The molecular formula is C24H24N2O3. The maximum atomic E-state index is 10.5. The monoisotopic (exact) mass is 388 g/mol. The lowest BCUT2D eigenvalue weighted by Crippen LogP contribution is -1.97. The van der Waals surface area contributed by atoms with Crippen molar-refractivity contribution in [1.82, 2.24) is 0 Å². The van der Waals surface area contributed by atoms with Crippen molar-refractivity contribution in [1.29, 1.82) is 0 Å². The van der Waals surface area contributed by atoms with Gasteiger partial charge >= 0.3 is 0 Å². The van der Waals surface area contributed by atoms with Crippen LogP contribution >= 0.6 is 0 Å². The summed E-state index contributed by atoms with van der Waals surface area (Å²) in [7, 11) is 0. The van der Waals surface area contributed by atoms with Gasteiger partial charge in [-0.25, -0.2) is 0 Å². The second kappa shape index (κ2) is 8.61. The molecule has 3 rings (SSSR count). The summed E-state index contributed by atoms with van der Waals surface area (Å²) in [6.45, 7) is 5.44. The highest BCUT2D eigenvalue weighted by molar-refractivity contribution is 5.86. The van der Waals surface area contributed by atoms with Gasteiger partial charge < -0.3 is 15.3 Å². The molecule has 0 aliphatic carbocycles. The van der Waals surface area contributed by atoms with E-state index in [1.165, 1.54) is 0 Å². The maximum Gasteiger partial charge on any atom is 0.168 e. The minimum absolute atomic E-state index is 0.119. The Labute approximate surface area is 170 Å². The quantitative estimate of drug-likeness (QED) is 0.540. The molecule has 0 amide bonds. The molecule has 3 aromatic rings. The number of hydrogen-bond acceptors (Lipinski definition) is 5. The molecule has 3 aromatic carbocycles. The van der Waals surface area contributed by atoms with E-state index in [1.807, 2.05) is 57.2 Å². The third-order valence-corrected chi connectivity index (χ3v) is 4.79. The van der Waals surface area contributed by atoms with Gasteiger partial charge in [-0.05, 0) is 49.6 Å². The predicted molar refractivity (Wildman–Crippen MR) is 116 cm³/mol. The second-order valence-electron chi connectivity index (χ2n) is 6.97. The van der Waals surface area contributed by atoms with E-state index in [0.717, 1.165) is 16.7 Å². The number of aryl methyl sites for hydroxylation is 3. The molecule has 5 heteroatoms. The molecule has 0 bridgehead atoms. The van der Waals surface area contributed by atoms with Gasteiger partial charge in [-0.2, -0.15) is 0 Å². The Morgan fingerprint density at radius 1 is 0.621 bits per heavy atom. The normalized spacial score (nSPS) is 12.7. The highest BCUT2D eigenvalue weighted by Crippen LogP contribution is 2.31. The van der Waals surface area contributed by atoms with Crippen LogP contribution in [-0.2, 0) is 0 Å². The Morgan fingerprint density at radius 3 is 1.52 bits per heavy atom. The molecule has 0 unspecified atom stereocenters. The number of aliphatic imine (C=N–C) groups is 2. The first-order valence-corrected chi connectivity index (χ1v) is 9.30. The minimum atomic E-state index is -0.741. The molecule has 3 N–H and O–H groups in total. The van der Waals surface area contributed by atoms with Crippen molar-refractivity contribution in [2.45, 2.75) is 26.9 Å². The van der Waals surface area contributed by atoms with Crippen LogP contribution in [0, 0.1) is 20.8 Å². The summed E-state index contributed by atoms with van der Waals surface area (Å²) in [5.41, 5.74) is 3.88. The van der Waals surface area contributed by atoms with Crippen LogP contribution in [0.25, 0.3) is 0 Å². The molecule has 0 atom stereocenters. The molecule has 148 valence electrons. The summed E-state index contributed by atoms with van der Waals surface area (Å²) in [6, 6.07) is 16.2. The largest absolute Gasteiger partial charge is 0.507 e. The fourth-order valence-electron chi connectivity index (χ4n) is 2.96. The van der Waals surface area contributed by atoms with Crippen LogP contribution in [0.2, 0.25) is 0 Å². The first kappa shape index (κ1) is 20.1. The Kier molecular flexibility index (Phi) is 5.98. The lowest BCUT2D eigenvalue weighted by Gasteiger charge is -2.12. The van der Waals surface area contributed by atoms with E-state index in [9.17, 15) is 15.3 Å². The number of aromatic hydroxyl groups is 3. The Hall–Kier alpha value is -3.60. The zero-order chi connectivity index (χ0) is 21.0. The molecule has 0 spiro atoms. The van der Waals surface area contributed by atoms with Crippen molar-refractivity contribution < 1.29 is 15.3 Å². The van der Waals surface area contributed by atoms with E-state index in [4.69, 9.17) is 0 Å². The third-order valence-electron chi connectivity index (χ3n) is 4.79. The Morgan fingerprint density at radius 2 is 1.03 bits per heavy atom. The predicted octanol–water partition coefficient (Wildman–Crippen LogP) is 4.97. The lowest BCUT2D eigenvalue weighted by atomic mass is 10.1. The second-order valence-corrected chi connectivity index (χ2v) is 6.97. The summed E-state index contributed by atoms with van der Waals surface area (Å²) in [5, 5.41) is 31.0. The van der Waals surface area contributed by atoms with Gasteiger partial charge in [0.05, 0.1) is 0 Å². The van der Waals surface area contributed by atoms with E-state index >= 15 is 0 Å². The topological polar surface area (TPSA) is 85.4 Å². The molecule has 0 aliphatic heterocycles. The third kappa shape index (κ3) is 4.46. The molecule has 0 saturated heterocycles. The number of phenolic OH excluding ortho intramolecular Hbond substituents is 3. The van der Waals surface area contributed by atoms with Gasteiger partial charge in [-0.15, -0.1) is 0 Å².